The molecule has 1 amide bonds. The van der Waals surface area contributed by atoms with Gasteiger partial charge in [-0.1, -0.05) is 12.1 Å². The number of sulfonamides is 1. The first kappa shape index (κ1) is 18.8. The smallest absolute Gasteiger partial charge is 0.264 e. The van der Waals surface area contributed by atoms with Gasteiger partial charge in [0, 0.05) is 13.1 Å². The largest absolute Gasteiger partial charge is 0.493 e. The van der Waals surface area contributed by atoms with Crippen molar-refractivity contribution in [3.8, 4) is 17.2 Å². The lowest BCUT2D eigenvalue weighted by Gasteiger charge is -2.34. The first-order valence-electron chi connectivity index (χ1n) is 8.14. The molecule has 1 aliphatic heterocycles. The zero-order chi connectivity index (χ0) is 19.6. The highest BCUT2D eigenvalue weighted by Gasteiger charge is 2.37. The number of rotatable bonds is 5. The Morgan fingerprint density at radius 1 is 1.15 bits per heavy atom. The van der Waals surface area contributed by atoms with Gasteiger partial charge in [0.25, 0.3) is 15.9 Å². The molecule has 0 spiro atoms. The number of likely N-dealkylation sites (N-methyl/N-ethyl adjacent to an activating group) is 1. The lowest BCUT2D eigenvalue weighted by molar-refractivity contribution is -0.127. The lowest BCUT2D eigenvalue weighted by Crippen LogP contribution is -2.50. The predicted octanol–water partition coefficient (Wildman–Crippen LogP) is 1.41. The topological polar surface area (TPSA) is 94.2 Å². The second-order valence-electron chi connectivity index (χ2n) is 5.74. The highest BCUT2D eigenvalue weighted by Crippen LogP contribution is 2.38. The third kappa shape index (κ3) is 3.37. The summed E-state index contributed by atoms with van der Waals surface area (Å²) in [5, 5.41) is 2.49. The van der Waals surface area contributed by atoms with E-state index in [1.807, 2.05) is 0 Å². The van der Waals surface area contributed by atoms with Crippen LogP contribution in [0.3, 0.4) is 0 Å². The molecule has 0 radical (unpaired) electrons. The van der Waals surface area contributed by atoms with Crippen LogP contribution in [0.15, 0.2) is 47.4 Å². The summed E-state index contributed by atoms with van der Waals surface area (Å²) < 4.78 is 43.8. The van der Waals surface area contributed by atoms with Crippen LogP contribution in [-0.4, -0.2) is 48.2 Å². The van der Waals surface area contributed by atoms with E-state index in [0.29, 0.717) is 22.9 Å². The number of nitrogens with one attached hydrogen (secondary N) is 1. The number of amides is 1. The van der Waals surface area contributed by atoms with Crippen molar-refractivity contribution in [2.75, 3.05) is 32.1 Å². The summed E-state index contributed by atoms with van der Waals surface area (Å²) in [6.45, 7) is -0.145. The fourth-order valence-electron chi connectivity index (χ4n) is 2.83. The number of hydrogen-bond donors (Lipinski definition) is 1. The Bertz CT molecular complexity index is 960. The number of hydrogen-bond acceptors (Lipinski definition) is 6. The standard InChI is InChI=1S/C18H20N2O6S/c1-19-18(21)17-11-20(13-6-4-5-7-14(13)26-17)27(22,23)12-8-9-15(24-2)16(10-12)25-3/h4-10,17H,11H2,1-3H3,(H,19,21). The van der Waals surface area contributed by atoms with Crippen LogP contribution in [0.5, 0.6) is 17.2 Å². The maximum atomic E-state index is 13.3. The third-order valence-corrected chi connectivity index (χ3v) is 5.99. The SMILES string of the molecule is CNC(=O)C1CN(S(=O)(=O)c2ccc(OC)c(OC)c2)c2ccccc2O1. The molecule has 3 rings (SSSR count). The number of anilines is 1. The summed E-state index contributed by atoms with van der Waals surface area (Å²) >= 11 is 0. The first-order chi connectivity index (χ1) is 12.9. The van der Waals surface area contributed by atoms with Gasteiger partial charge in [-0.25, -0.2) is 8.42 Å². The van der Waals surface area contributed by atoms with Gasteiger partial charge in [-0.3, -0.25) is 9.10 Å². The third-order valence-electron chi connectivity index (χ3n) is 4.22. The average Bonchev–Trinajstić information content (AvgIpc) is 2.71. The maximum absolute atomic E-state index is 13.3. The fraction of sp³-hybridized carbons (Fsp3) is 0.278. The van der Waals surface area contributed by atoms with Gasteiger partial charge in [0.2, 0.25) is 0 Å². The predicted molar refractivity (Wildman–Crippen MR) is 99.0 cm³/mol. The maximum Gasteiger partial charge on any atom is 0.264 e. The molecule has 144 valence electrons. The molecular weight excluding hydrogens is 372 g/mol. The van der Waals surface area contributed by atoms with Crippen LogP contribution in [0.4, 0.5) is 5.69 Å². The highest BCUT2D eigenvalue weighted by atomic mass is 32.2. The van der Waals surface area contributed by atoms with Crippen LogP contribution < -0.4 is 23.8 Å². The van der Waals surface area contributed by atoms with Crippen molar-refractivity contribution in [3.05, 3.63) is 42.5 Å². The molecule has 1 N–H and O–H groups in total. The molecule has 1 heterocycles. The highest BCUT2D eigenvalue weighted by molar-refractivity contribution is 7.92. The normalized spacial score (nSPS) is 16.1. The lowest BCUT2D eigenvalue weighted by atomic mass is 10.2. The van der Waals surface area contributed by atoms with E-state index in [0.717, 1.165) is 0 Å². The van der Waals surface area contributed by atoms with Crippen LogP contribution in [0.1, 0.15) is 0 Å². The molecule has 0 fully saturated rings. The Kier molecular flexibility index (Phi) is 5.13. The molecule has 2 aromatic carbocycles. The number of ether oxygens (including phenoxy) is 3. The molecule has 8 nitrogen and oxygen atoms in total. The van der Waals surface area contributed by atoms with E-state index < -0.39 is 22.0 Å². The fourth-order valence-corrected chi connectivity index (χ4v) is 4.32. The van der Waals surface area contributed by atoms with E-state index in [1.54, 1.807) is 24.3 Å². The molecule has 0 saturated carbocycles. The number of fused-ring (bicyclic) bond motifs is 1. The van der Waals surface area contributed by atoms with Gasteiger partial charge >= 0.3 is 0 Å². The zero-order valence-corrected chi connectivity index (χ0v) is 15.9. The quantitative estimate of drug-likeness (QED) is 0.827. The Morgan fingerprint density at radius 2 is 1.85 bits per heavy atom. The van der Waals surface area contributed by atoms with Crippen LogP contribution in [0.2, 0.25) is 0 Å². The minimum absolute atomic E-state index is 0.0208. The van der Waals surface area contributed by atoms with Gasteiger partial charge in [0.15, 0.2) is 17.6 Å². The average molecular weight is 392 g/mol. The number of para-hydroxylation sites is 2. The molecule has 2 aromatic rings. The van der Waals surface area contributed by atoms with E-state index in [4.69, 9.17) is 14.2 Å². The number of carbonyl (C=O) groups excluding carboxylic acids is 1. The van der Waals surface area contributed by atoms with Crippen LogP contribution in [0, 0.1) is 0 Å². The number of nitrogens with zero attached hydrogens (tertiary/aromatic N) is 1. The van der Waals surface area contributed by atoms with Crippen LogP contribution >= 0.6 is 0 Å². The second kappa shape index (κ2) is 7.36. The summed E-state index contributed by atoms with van der Waals surface area (Å²) in [4.78, 5) is 12.1. The Hall–Kier alpha value is -2.94. The summed E-state index contributed by atoms with van der Waals surface area (Å²) in [5.74, 6) is 0.628. The molecule has 1 unspecified atom stereocenters. The van der Waals surface area contributed by atoms with Gasteiger partial charge in [0.1, 0.15) is 5.75 Å². The molecule has 0 aliphatic carbocycles. The minimum atomic E-state index is -3.97. The molecule has 1 aliphatic rings. The van der Waals surface area contributed by atoms with Crippen LogP contribution in [0.25, 0.3) is 0 Å². The summed E-state index contributed by atoms with van der Waals surface area (Å²) in [7, 11) is 0.403. The number of carbonyl (C=O) groups is 1. The molecule has 27 heavy (non-hydrogen) atoms. The Labute approximate surface area is 157 Å². The number of benzene rings is 2. The Morgan fingerprint density at radius 3 is 2.52 bits per heavy atom. The van der Waals surface area contributed by atoms with Crippen molar-refractivity contribution in [2.45, 2.75) is 11.0 Å². The van der Waals surface area contributed by atoms with Gasteiger partial charge < -0.3 is 19.5 Å². The molecule has 1 atom stereocenters. The van der Waals surface area contributed by atoms with Gasteiger partial charge in [0.05, 0.1) is 31.3 Å². The van der Waals surface area contributed by atoms with E-state index in [1.165, 1.54) is 43.8 Å². The summed E-state index contributed by atoms with van der Waals surface area (Å²) in [5.41, 5.74) is 0.368. The van der Waals surface area contributed by atoms with Crippen molar-refractivity contribution < 1.29 is 27.4 Å². The van der Waals surface area contributed by atoms with Crippen molar-refractivity contribution in [1.82, 2.24) is 5.32 Å². The molecule has 0 bridgehead atoms. The molecule has 0 saturated heterocycles. The monoisotopic (exact) mass is 392 g/mol. The number of methoxy groups -OCH3 is 2. The van der Waals surface area contributed by atoms with E-state index in [2.05, 4.69) is 5.32 Å². The van der Waals surface area contributed by atoms with Gasteiger partial charge in [-0.05, 0) is 24.3 Å². The van der Waals surface area contributed by atoms with Crippen molar-refractivity contribution in [2.24, 2.45) is 0 Å². The van der Waals surface area contributed by atoms with Crippen molar-refractivity contribution in [3.63, 3.8) is 0 Å². The van der Waals surface area contributed by atoms with Crippen molar-refractivity contribution >= 4 is 21.6 Å². The van der Waals surface area contributed by atoms with Crippen LogP contribution in [-0.2, 0) is 14.8 Å². The van der Waals surface area contributed by atoms with Gasteiger partial charge in [-0.2, -0.15) is 0 Å². The van der Waals surface area contributed by atoms with E-state index >= 15 is 0 Å². The molecular formula is C18H20N2O6S. The molecule has 9 heteroatoms. The summed E-state index contributed by atoms with van der Waals surface area (Å²) in [6, 6.07) is 11.0. The second-order valence-corrected chi connectivity index (χ2v) is 7.60. The Balaban J connectivity index is 2.08. The van der Waals surface area contributed by atoms with Gasteiger partial charge in [-0.15, -0.1) is 0 Å². The minimum Gasteiger partial charge on any atom is -0.493 e. The van der Waals surface area contributed by atoms with Crippen molar-refractivity contribution in [1.29, 1.82) is 0 Å². The first-order valence-corrected chi connectivity index (χ1v) is 9.58. The zero-order valence-electron chi connectivity index (χ0n) is 15.1. The molecule has 0 aromatic heterocycles. The van der Waals surface area contributed by atoms with E-state index in [-0.39, 0.29) is 11.4 Å². The van der Waals surface area contributed by atoms with E-state index in [9.17, 15) is 13.2 Å². The summed E-state index contributed by atoms with van der Waals surface area (Å²) in [6.07, 6.45) is -0.959.